The Kier molecular flexibility index (Phi) is 6.56. The molecule has 0 saturated heterocycles. The number of urea groups is 1. The summed E-state index contributed by atoms with van der Waals surface area (Å²) in [7, 11) is 0. The summed E-state index contributed by atoms with van der Waals surface area (Å²) in [6.07, 6.45) is 0.659. The molecule has 0 aliphatic rings. The van der Waals surface area contributed by atoms with E-state index in [0.717, 1.165) is 0 Å². The van der Waals surface area contributed by atoms with Gasteiger partial charge >= 0.3 is 6.03 Å². The molecule has 0 aliphatic heterocycles. The van der Waals surface area contributed by atoms with E-state index in [9.17, 15) is 9.59 Å². The lowest BCUT2D eigenvalue weighted by Crippen LogP contribution is -2.40. The monoisotopic (exact) mass is 300 g/mol. The largest absolute Gasteiger partial charge is 0.394 e. The quantitative estimate of drug-likeness (QED) is 0.389. The average molecular weight is 300 g/mol. The SMILES string of the molecule is CC(CCC(N)=O)NC(=O)NCc1nc(C(N)CO)no1. The van der Waals surface area contributed by atoms with E-state index in [-0.39, 0.29) is 37.3 Å². The topological polar surface area (TPSA) is 169 Å². The van der Waals surface area contributed by atoms with Crippen molar-refractivity contribution in [3.05, 3.63) is 11.7 Å². The molecule has 10 heteroatoms. The van der Waals surface area contributed by atoms with E-state index in [1.807, 2.05) is 0 Å². The van der Waals surface area contributed by atoms with Gasteiger partial charge in [-0.2, -0.15) is 4.98 Å². The Morgan fingerprint density at radius 2 is 2.19 bits per heavy atom. The molecule has 21 heavy (non-hydrogen) atoms. The smallest absolute Gasteiger partial charge is 0.315 e. The van der Waals surface area contributed by atoms with Gasteiger partial charge < -0.3 is 31.7 Å². The molecule has 1 aromatic rings. The molecule has 0 aromatic carbocycles. The molecule has 0 bridgehead atoms. The Morgan fingerprint density at radius 1 is 1.48 bits per heavy atom. The minimum atomic E-state index is -0.717. The van der Waals surface area contributed by atoms with Crippen LogP contribution >= 0.6 is 0 Å². The fourth-order valence-corrected chi connectivity index (χ4v) is 1.43. The molecule has 1 aromatic heterocycles. The number of aliphatic hydroxyl groups excluding tert-OH is 1. The number of nitrogens with zero attached hydrogens (tertiary/aromatic N) is 2. The Hall–Kier alpha value is -2.20. The summed E-state index contributed by atoms with van der Waals surface area (Å²) in [6, 6.07) is -1.35. The molecule has 0 fully saturated rings. The van der Waals surface area contributed by atoms with Crippen LogP contribution in [0.5, 0.6) is 0 Å². The number of amides is 3. The third-order valence-corrected chi connectivity index (χ3v) is 2.61. The Bertz CT molecular complexity index is 477. The molecule has 2 unspecified atom stereocenters. The summed E-state index contributed by atoms with van der Waals surface area (Å²) in [5.41, 5.74) is 10.5. The minimum Gasteiger partial charge on any atom is -0.394 e. The minimum absolute atomic E-state index is 0.0273. The zero-order valence-corrected chi connectivity index (χ0v) is 11.7. The predicted molar refractivity (Wildman–Crippen MR) is 71.6 cm³/mol. The van der Waals surface area contributed by atoms with Crippen molar-refractivity contribution in [2.24, 2.45) is 11.5 Å². The van der Waals surface area contributed by atoms with Crippen LogP contribution in [0.4, 0.5) is 4.79 Å². The second-order valence-corrected chi connectivity index (χ2v) is 4.57. The van der Waals surface area contributed by atoms with Crippen molar-refractivity contribution in [3.8, 4) is 0 Å². The van der Waals surface area contributed by atoms with E-state index in [1.165, 1.54) is 0 Å². The second-order valence-electron chi connectivity index (χ2n) is 4.57. The first-order valence-corrected chi connectivity index (χ1v) is 6.44. The highest BCUT2D eigenvalue weighted by Gasteiger charge is 2.14. The van der Waals surface area contributed by atoms with Gasteiger partial charge in [0.2, 0.25) is 11.8 Å². The highest BCUT2D eigenvalue weighted by atomic mass is 16.5. The number of rotatable bonds is 8. The van der Waals surface area contributed by atoms with Crippen molar-refractivity contribution in [1.82, 2.24) is 20.8 Å². The maximum absolute atomic E-state index is 11.6. The zero-order chi connectivity index (χ0) is 15.8. The maximum Gasteiger partial charge on any atom is 0.315 e. The molecule has 0 saturated carbocycles. The van der Waals surface area contributed by atoms with Gasteiger partial charge in [-0.05, 0) is 13.3 Å². The van der Waals surface area contributed by atoms with Crippen molar-refractivity contribution < 1.29 is 19.2 Å². The lowest BCUT2D eigenvalue weighted by molar-refractivity contribution is -0.118. The Morgan fingerprint density at radius 3 is 2.81 bits per heavy atom. The van der Waals surface area contributed by atoms with Crippen molar-refractivity contribution in [2.75, 3.05) is 6.61 Å². The summed E-state index contributed by atoms with van der Waals surface area (Å²) in [5.74, 6) is -0.0685. The van der Waals surface area contributed by atoms with Crippen LogP contribution in [0.1, 0.15) is 37.5 Å². The van der Waals surface area contributed by atoms with Crippen LogP contribution in [0, 0.1) is 0 Å². The summed E-state index contributed by atoms with van der Waals surface area (Å²) in [6.45, 7) is 1.48. The number of primary amides is 1. The molecule has 10 nitrogen and oxygen atoms in total. The van der Waals surface area contributed by atoms with Gasteiger partial charge in [0.05, 0.1) is 19.2 Å². The van der Waals surface area contributed by atoms with Gasteiger partial charge in [-0.15, -0.1) is 0 Å². The number of hydrogen-bond acceptors (Lipinski definition) is 7. The van der Waals surface area contributed by atoms with Crippen molar-refractivity contribution >= 4 is 11.9 Å². The number of aliphatic hydroxyl groups is 1. The first-order chi connectivity index (χ1) is 9.92. The number of nitrogens with one attached hydrogen (secondary N) is 2. The summed E-state index contributed by atoms with van der Waals surface area (Å²) in [4.78, 5) is 26.1. The van der Waals surface area contributed by atoms with Crippen LogP contribution in [0.15, 0.2) is 4.52 Å². The van der Waals surface area contributed by atoms with Crippen molar-refractivity contribution in [2.45, 2.75) is 38.4 Å². The van der Waals surface area contributed by atoms with Gasteiger partial charge in [-0.25, -0.2) is 4.79 Å². The van der Waals surface area contributed by atoms with Gasteiger partial charge in [-0.3, -0.25) is 4.79 Å². The summed E-state index contributed by atoms with van der Waals surface area (Å²) in [5, 5.41) is 17.6. The lowest BCUT2D eigenvalue weighted by Gasteiger charge is -2.12. The van der Waals surface area contributed by atoms with E-state index in [0.29, 0.717) is 6.42 Å². The molecular weight excluding hydrogens is 280 g/mol. The zero-order valence-electron chi connectivity index (χ0n) is 11.7. The Balaban J connectivity index is 2.32. The van der Waals surface area contributed by atoms with Gasteiger partial charge in [0.25, 0.3) is 0 Å². The fourth-order valence-electron chi connectivity index (χ4n) is 1.43. The molecule has 0 spiro atoms. The van der Waals surface area contributed by atoms with Gasteiger partial charge in [0.15, 0.2) is 5.82 Å². The van der Waals surface area contributed by atoms with E-state index in [2.05, 4.69) is 20.8 Å². The van der Waals surface area contributed by atoms with E-state index >= 15 is 0 Å². The highest BCUT2D eigenvalue weighted by Crippen LogP contribution is 2.04. The van der Waals surface area contributed by atoms with Crippen LogP contribution in [-0.4, -0.2) is 39.8 Å². The number of carbonyl (C=O) groups is 2. The van der Waals surface area contributed by atoms with Crippen LogP contribution in [0.25, 0.3) is 0 Å². The molecule has 1 rings (SSSR count). The molecule has 2 atom stereocenters. The van der Waals surface area contributed by atoms with Crippen molar-refractivity contribution in [3.63, 3.8) is 0 Å². The van der Waals surface area contributed by atoms with Crippen LogP contribution in [-0.2, 0) is 11.3 Å². The molecule has 7 N–H and O–H groups in total. The highest BCUT2D eigenvalue weighted by molar-refractivity contribution is 5.75. The lowest BCUT2D eigenvalue weighted by atomic mass is 10.2. The molecule has 1 heterocycles. The van der Waals surface area contributed by atoms with Gasteiger partial charge in [0, 0.05) is 12.5 Å². The van der Waals surface area contributed by atoms with E-state index < -0.39 is 18.0 Å². The molecule has 0 aliphatic carbocycles. The third kappa shape index (κ3) is 6.19. The van der Waals surface area contributed by atoms with Gasteiger partial charge in [-0.1, -0.05) is 5.16 Å². The third-order valence-electron chi connectivity index (χ3n) is 2.61. The number of hydrogen-bond donors (Lipinski definition) is 5. The first-order valence-electron chi connectivity index (χ1n) is 6.44. The molecule has 3 amide bonds. The van der Waals surface area contributed by atoms with Crippen LogP contribution < -0.4 is 22.1 Å². The predicted octanol–water partition coefficient (Wildman–Crippen LogP) is -1.49. The van der Waals surface area contributed by atoms with E-state index in [4.69, 9.17) is 21.1 Å². The normalized spacial score (nSPS) is 13.5. The van der Waals surface area contributed by atoms with Crippen molar-refractivity contribution in [1.29, 1.82) is 0 Å². The fraction of sp³-hybridized carbons (Fsp3) is 0.636. The first kappa shape index (κ1) is 16.9. The van der Waals surface area contributed by atoms with E-state index in [1.54, 1.807) is 6.92 Å². The maximum atomic E-state index is 11.6. The summed E-state index contributed by atoms with van der Waals surface area (Å²) >= 11 is 0. The second kappa shape index (κ2) is 8.17. The van der Waals surface area contributed by atoms with Crippen LogP contribution in [0.3, 0.4) is 0 Å². The number of aromatic nitrogens is 2. The molecular formula is C11H20N6O4. The van der Waals surface area contributed by atoms with Gasteiger partial charge in [0.1, 0.15) is 0 Å². The number of carbonyl (C=O) groups excluding carboxylic acids is 2. The summed E-state index contributed by atoms with van der Waals surface area (Å²) < 4.78 is 4.87. The van der Waals surface area contributed by atoms with Crippen LogP contribution in [0.2, 0.25) is 0 Å². The molecule has 118 valence electrons. The number of nitrogens with two attached hydrogens (primary N) is 2. The average Bonchev–Trinajstić information content (AvgIpc) is 2.91. The standard InChI is InChI=1S/C11H20N6O4/c1-6(2-3-8(13)19)15-11(20)14-4-9-16-10(17-21-9)7(12)5-18/h6-7,18H,2-5,12H2,1H3,(H2,13,19)(H2,14,15,20). The Labute approximate surface area is 121 Å². The molecule has 0 radical (unpaired) electrons.